The van der Waals surface area contributed by atoms with Gasteiger partial charge in [0.15, 0.2) is 0 Å². The van der Waals surface area contributed by atoms with Crippen LogP contribution in [0.1, 0.15) is 13.8 Å². The maximum atomic E-state index is 12.8. The number of methoxy groups -OCH3 is 2. The molecule has 0 fully saturated rings. The van der Waals surface area contributed by atoms with Gasteiger partial charge in [-0.15, -0.1) is 0 Å². The standard InChI is InChI=1S/C20H26ClN3O5S/c1-5-24(6-2)30(26,27)15-8-10-19(29-4)17(12-15)23-20(25)13-22-14-7-9-18(28-3)16(21)11-14/h7-12,22H,5-6,13H2,1-4H3,(H,23,25). The summed E-state index contributed by atoms with van der Waals surface area (Å²) in [5, 5.41) is 6.06. The normalized spacial score (nSPS) is 11.3. The van der Waals surface area contributed by atoms with Crippen LogP contribution in [0.3, 0.4) is 0 Å². The summed E-state index contributed by atoms with van der Waals surface area (Å²) >= 11 is 6.08. The third-order valence-electron chi connectivity index (χ3n) is 4.39. The van der Waals surface area contributed by atoms with E-state index in [9.17, 15) is 13.2 Å². The Morgan fingerprint density at radius 2 is 1.67 bits per heavy atom. The van der Waals surface area contributed by atoms with Gasteiger partial charge in [-0.1, -0.05) is 25.4 Å². The third-order valence-corrected chi connectivity index (χ3v) is 6.73. The van der Waals surface area contributed by atoms with Crippen LogP contribution in [-0.4, -0.2) is 52.5 Å². The number of hydrogen-bond donors (Lipinski definition) is 2. The average molecular weight is 456 g/mol. The minimum atomic E-state index is -3.67. The molecule has 0 spiro atoms. The largest absolute Gasteiger partial charge is 0.495 e. The Morgan fingerprint density at radius 3 is 2.23 bits per heavy atom. The quantitative estimate of drug-likeness (QED) is 0.569. The molecule has 2 rings (SSSR count). The molecule has 0 aliphatic heterocycles. The van der Waals surface area contributed by atoms with E-state index in [1.54, 1.807) is 32.0 Å². The summed E-state index contributed by atoms with van der Waals surface area (Å²) in [6, 6.07) is 9.44. The molecule has 0 saturated carbocycles. The predicted octanol–water partition coefficient (Wildman–Crippen LogP) is 3.44. The summed E-state index contributed by atoms with van der Waals surface area (Å²) in [5.74, 6) is 0.509. The Kier molecular flexibility index (Phi) is 8.33. The van der Waals surface area contributed by atoms with E-state index in [1.807, 2.05) is 0 Å². The van der Waals surface area contributed by atoms with E-state index in [2.05, 4.69) is 10.6 Å². The lowest BCUT2D eigenvalue weighted by molar-refractivity contribution is -0.114. The van der Waals surface area contributed by atoms with Gasteiger partial charge in [0.2, 0.25) is 15.9 Å². The van der Waals surface area contributed by atoms with Gasteiger partial charge in [0.05, 0.1) is 36.4 Å². The first-order chi connectivity index (χ1) is 14.3. The Morgan fingerprint density at radius 1 is 1.03 bits per heavy atom. The average Bonchev–Trinajstić information content (AvgIpc) is 2.73. The zero-order valence-corrected chi connectivity index (χ0v) is 18.9. The number of rotatable bonds is 10. The molecule has 0 saturated heterocycles. The highest BCUT2D eigenvalue weighted by Gasteiger charge is 2.23. The van der Waals surface area contributed by atoms with Crippen LogP contribution < -0.4 is 20.1 Å². The van der Waals surface area contributed by atoms with E-state index in [0.717, 1.165) is 0 Å². The van der Waals surface area contributed by atoms with E-state index in [4.69, 9.17) is 21.1 Å². The summed E-state index contributed by atoms with van der Waals surface area (Å²) in [4.78, 5) is 12.5. The van der Waals surface area contributed by atoms with Gasteiger partial charge in [-0.2, -0.15) is 4.31 Å². The summed E-state index contributed by atoms with van der Waals surface area (Å²) in [6.07, 6.45) is 0. The topological polar surface area (TPSA) is 97.0 Å². The van der Waals surface area contributed by atoms with Crippen LogP contribution in [-0.2, 0) is 14.8 Å². The van der Waals surface area contributed by atoms with Gasteiger partial charge in [-0.25, -0.2) is 8.42 Å². The highest BCUT2D eigenvalue weighted by atomic mass is 35.5. The number of ether oxygens (including phenoxy) is 2. The minimum absolute atomic E-state index is 0.0567. The molecular formula is C20H26ClN3O5S. The fourth-order valence-corrected chi connectivity index (χ4v) is 4.55. The van der Waals surface area contributed by atoms with E-state index < -0.39 is 10.0 Å². The van der Waals surface area contributed by atoms with Crippen LogP contribution in [0.15, 0.2) is 41.3 Å². The van der Waals surface area contributed by atoms with Crippen LogP contribution in [0.25, 0.3) is 0 Å². The van der Waals surface area contributed by atoms with Crippen molar-refractivity contribution in [2.45, 2.75) is 18.7 Å². The molecule has 1 amide bonds. The Bertz CT molecular complexity index is 994. The zero-order chi connectivity index (χ0) is 22.3. The molecule has 0 heterocycles. The van der Waals surface area contributed by atoms with Gasteiger partial charge in [0.25, 0.3) is 0 Å². The van der Waals surface area contributed by atoms with E-state index in [1.165, 1.54) is 36.7 Å². The lowest BCUT2D eigenvalue weighted by Gasteiger charge is -2.19. The molecule has 8 nitrogen and oxygen atoms in total. The molecule has 0 unspecified atom stereocenters. The second kappa shape index (κ2) is 10.5. The van der Waals surface area contributed by atoms with Crippen LogP contribution in [0, 0.1) is 0 Å². The number of anilines is 2. The van der Waals surface area contributed by atoms with Crippen molar-refractivity contribution in [3.63, 3.8) is 0 Å². The van der Waals surface area contributed by atoms with Crippen LogP contribution in [0.5, 0.6) is 11.5 Å². The number of nitrogens with one attached hydrogen (secondary N) is 2. The molecule has 10 heteroatoms. The van der Waals surface area contributed by atoms with E-state index in [-0.39, 0.29) is 23.0 Å². The lowest BCUT2D eigenvalue weighted by Crippen LogP contribution is -2.30. The molecule has 0 bridgehead atoms. The first-order valence-electron chi connectivity index (χ1n) is 9.32. The molecule has 0 aromatic heterocycles. The van der Waals surface area contributed by atoms with Gasteiger partial charge in [0.1, 0.15) is 11.5 Å². The Labute approximate surface area is 182 Å². The van der Waals surface area contributed by atoms with Crippen molar-refractivity contribution < 1.29 is 22.7 Å². The third kappa shape index (κ3) is 5.56. The van der Waals surface area contributed by atoms with Crippen LogP contribution in [0.2, 0.25) is 5.02 Å². The second-order valence-corrected chi connectivity index (χ2v) is 8.55. The van der Waals surface area contributed by atoms with Gasteiger partial charge in [0, 0.05) is 18.8 Å². The summed E-state index contributed by atoms with van der Waals surface area (Å²) in [6.45, 7) is 4.18. The summed E-state index contributed by atoms with van der Waals surface area (Å²) in [5.41, 5.74) is 0.908. The molecule has 30 heavy (non-hydrogen) atoms. The minimum Gasteiger partial charge on any atom is -0.495 e. The molecule has 2 aromatic carbocycles. The first-order valence-corrected chi connectivity index (χ1v) is 11.1. The van der Waals surface area contributed by atoms with Gasteiger partial charge < -0.3 is 20.1 Å². The molecule has 0 aliphatic rings. The smallest absolute Gasteiger partial charge is 0.243 e. The number of halogens is 1. The van der Waals surface area contributed by atoms with Crippen molar-refractivity contribution >= 4 is 38.9 Å². The van der Waals surface area contributed by atoms with Gasteiger partial charge >= 0.3 is 0 Å². The number of nitrogens with zero attached hydrogens (tertiary/aromatic N) is 1. The maximum absolute atomic E-state index is 12.8. The van der Waals surface area contributed by atoms with Crippen molar-refractivity contribution in [3.05, 3.63) is 41.4 Å². The predicted molar refractivity (Wildman–Crippen MR) is 118 cm³/mol. The SMILES string of the molecule is CCN(CC)S(=O)(=O)c1ccc(OC)c(NC(=O)CNc2ccc(OC)c(Cl)c2)c1. The van der Waals surface area contributed by atoms with Crippen LogP contribution >= 0.6 is 11.6 Å². The molecule has 0 aliphatic carbocycles. The number of carbonyl (C=O) groups excluding carboxylic acids is 1. The molecule has 2 N–H and O–H groups in total. The van der Waals surface area contributed by atoms with Crippen molar-refractivity contribution in [2.75, 3.05) is 44.5 Å². The molecular weight excluding hydrogens is 430 g/mol. The Hall–Kier alpha value is -2.49. The lowest BCUT2D eigenvalue weighted by atomic mass is 10.2. The summed E-state index contributed by atoms with van der Waals surface area (Å²) < 4.78 is 37.2. The number of amides is 1. The van der Waals surface area contributed by atoms with Crippen molar-refractivity contribution in [1.29, 1.82) is 0 Å². The first kappa shape index (κ1) is 23.8. The fraction of sp³-hybridized carbons (Fsp3) is 0.350. The second-order valence-electron chi connectivity index (χ2n) is 6.20. The number of sulfonamides is 1. The number of benzene rings is 2. The summed E-state index contributed by atoms with van der Waals surface area (Å²) in [7, 11) is -0.704. The molecule has 0 radical (unpaired) electrons. The number of hydrogen-bond acceptors (Lipinski definition) is 6. The zero-order valence-electron chi connectivity index (χ0n) is 17.4. The Balaban J connectivity index is 2.16. The van der Waals surface area contributed by atoms with Crippen LogP contribution in [0.4, 0.5) is 11.4 Å². The van der Waals surface area contributed by atoms with Gasteiger partial charge in [-0.3, -0.25) is 4.79 Å². The number of carbonyl (C=O) groups is 1. The maximum Gasteiger partial charge on any atom is 0.243 e. The molecule has 0 atom stereocenters. The van der Waals surface area contributed by atoms with Crippen molar-refractivity contribution in [3.8, 4) is 11.5 Å². The molecule has 164 valence electrons. The molecule has 2 aromatic rings. The monoisotopic (exact) mass is 455 g/mol. The van der Waals surface area contributed by atoms with Crippen molar-refractivity contribution in [1.82, 2.24) is 4.31 Å². The fourth-order valence-electron chi connectivity index (χ4n) is 2.81. The highest BCUT2D eigenvalue weighted by Crippen LogP contribution is 2.29. The van der Waals surface area contributed by atoms with Crippen molar-refractivity contribution in [2.24, 2.45) is 0 Å². The highest BCUT2D eigenvalue weighted by molar-refractivity contribution is 7.89. The van der Waals surface area contributed by atoms with E-state index in [0.29, 0.717) is 35.3 Å². The van der Waals surface area contributed by atoms with Gasteiger partial charge in [-0.05, 0) is 36.4 Å². The van der Waals surface area contributed by atoms with E-state index >= 15 is 0 Å².